The first-order valence-corrected chi connectivity index (χ1v) is 4.82. The third-order valence-corrected chi connectivity index (χ3v) is 2.54. The Labute approximate surface area is 83.8 Å². The zero-order chi connectivity index (χ0) is 10.7. The first kappa shape index (κ1) is 11.2. The maximum absolute atomic E-state index is 10.8. The smallest absolute Gasteiger partial charge is 0.324 e. The second-order valence-electron chi connectivity index (χ2n) is 3.97. The van der Waals surface area contributed by atoms with Gasteiger partial charge < -0.3 is 10.2 Å². The lowest BCUT2D eigenvalue weighted by Crippen LogP contribution is -2.49. The maximum Gasteiger partial charge on any atom is 0.324 e. The number of carboxylic acid groups (broad SMARTS) is 1. The molecule has 0 aromatic rings. The Morgan fingerprint density at radius 2 is 2.29 bits per heavy atom. The van der Waals surface area contributed by atoms with Crippen LogP contribution in [-0.2, 0) is 4.79 Å². The minimum atomic E-state index is -0.902. The molecule has 1 aliphatic rings. The summed E-state index contributed by atoms with van der Waals surface area (Å²) in [5, 5.41) is 18.4. The third-order valence-electron chi connectivity index (χ3n) is 2.54. The van der Waals surface area contributed by atoms with Gasteiger partial charge in [0.1, 0.15) is 6.04 Å². The van der Waals surface area contributed by atoms with Crippen molar-refractivity contribution in [3.8, 4) is 0 Å². The Morgan fingerprint density at radius 3 is 2.71 bits per heavy atom. The van der Waals surface area contributed by atoms with Crippen LogP contribution >= 0.6 is 0 Å². The molecular formula is C10H17NO3. The molecule has 0 bridgehead atoms. The number of piperidine rings is 1. The lowest BCUT2D eigenvalue weighted by atomic mass is 9.96. The summed E-state index contributed by atoms with van der Waals surface area (Å²) in [7, 11) is 0. The monoisotopic (exact) mass is 199 g/mol. The quantitative estimate of drug-likeness (QED) is 0.643. The van der Waals surface area contributed by atoms with E-state index in [-0.39, 0.29) is 0 Å². The van der Waals surface area contributed by atoms with Gasteiger partial charge in [0.05, 0.1) is 6.10 Å². The Morgan fingerprint density at radius 1 is 1.64 bits per heavy atom. The first-order valence-electron chi connectivity index (χ1n) is 4.82. The Balaban J connectivity index is 2.65. The fourth-order valence-corrected chi connectivity index (χ4v) is 1.99. The zero-order valence-electron chi connectivity index (χ0n) is 8.39. The van der Waals surface area contributed by atoms with E-state index >= 15 is 0 Å². The lowest BCUT2D eigenvalue weighted by molar-refractivity contribution is -0.142. The molecule has 3 atom stereocenters. The second-order valence-corrected chi connectivity index (χ2v) is 3.97. The van der Waals surface area contributed by atoms with E-state index in [4.69, 9.17) is 5.11 Å². The number of hydrogen-bond acceptors (Lipinski definition) is 3. The van der Waals surface area contributed by atoms with Crippen molar-refractivity contribution in [2.45, 2.75) is 25.5 Å². The minimum absolute atomic E-state index is 0.334. The van der Waals surface area contributed by atoms with Crippen LogP contribution in [0.25, 0.3) is 0 Å². The molecule has 0 amide bonds. The van der Waals surface area contributed by atoms with Gasteiger partial charge in [-0.3, -0.25) is 9.69 Å². The number of aliphatic hydroxyl groups is 1. The van der Waals surface area contributed by atoms with Gasteiger partial charge in [0.15, 0.2) is 0 Å². The largest absolute Gasteiger partial charge is 0.480 e. The van der Waals surface area contributed by atoms with Gasteiger partial charge in [-0.2, -0.15) is 0 Å². The number of hydrogen-bond donors (Lipinski definition) is 2. The predicted molar refractivity (Wildman–Crippen MR) is 53.0 cm³/mol. The number of carbonyl (C=O) groups is 1. The van der Waals surface area contributed by atoms with Gasteiger partial charge in [-0.05, 0) is 12.3 Å². The summed E-state index contributed by atoms with van der Waals surface area (Å²) < 4.78 is 0. The second kappa shape index (κ2) is 4.57. The van der Waals surface area contributed by atoms with Crippen molar-refractivity contribution >= 4 is 5.97 Å². The van der Waals surface area contributed by atoms with Crippen molar-refractivity contribution in [1.82, 2.24) is 4.90 Å². The van der Waals surface area contributed by atoms with Gasteiger partial charge in [-0.1, -0.05) is 13.0 Å². The predicted octanol–water partition coefficient (Wildman–Crippen LogP) is 0.328. The minimum Gasteiger partial charge on any atom is -0.480 e. The van der Waals surface area contributed by atoms with Crippen LogP contribution in [0, 0.1) is 5.92 Å². The van der Waals surface area contributed by atoms with E-state index in [1.807, 2.05) is 6.92 Å². The molecule has 0 spiro atoms. The normalized spacial score (nSPS) is 31.0. The zero-order valence-corrected chi connectivity index (χ0v) is 8.39. The van der Waals surface area contributed by atoms with E-state index in [1.165, 1.54) is 6.08 Å². The summed E-state index contributed by atoms with van der Waals surface area (Å²) in [4.78, 5) is 12.6. The summed E-state index contributed by atoms with van der Waals surface area (Å²) in [5.74, 6) is -0.568. The number of likely N-dealkylation sites (tertiary alicyclic amines) is 1. The van der Waals surface area contributed by atoms with Crippen molar-refractivity contribution in [3.05, 3.63) is 12.7 Å². The van der Waals surface area contributed by atoms with Crippen LogP contribution < -0.4 is 0 Å². The number of nitrogens with zero attached hydrogens (tertiary/aromatic N) is 1. The Hall–Kier alpha value is -0.870. The van der Waals surface area contributed by atoms with Crippen molar-refractivity contribution in [1.29, 1.82) is 0 Å². The molecule has 4 heteroatoms. The van der Waals surface area contributed by atoms with E-state index in [9.17, 15) is 9.90 Å². The van der Waals surface area contributed by atoms with E-state index < -0.39 is 18.1 Å². The molecular weight excluding hydrogens is 182 g/mol. The molecule has 14 heavy (non-hydrogen) atoms. The van der Waals surface area contributed by atoms with Crippen LogP contribution in [0.3, 0.4) is 0 Å². The number of β-amino-alcohol motifs (C(OH)–C–C–N with tert-alkyl or cyclic N) is 1. The molecule has 3 unspecified atom stereocenters. The molecule has 1 heterocycles. The first-order chi connectivity index (χ1) is 6.54. The van der Waals surface area contributed by atoms with Gasteiger partial charge in [-0.25, -0.2) is 0 Å². The molecule has 4 nitrogen and oxygen atoms in total. The number of rotatable bonds is 3. The molecule has 0 saturated carbocycles. The molecule has 1 rings (SSSR count). The maximum atomic E-state index is 10.8. The average molecular weight is 199 g/mol. The molecule has 1 aliphatic heterocycles. The van der Waals surface area contributed by atoms with Crippen LogP contribution in [0.4, 0.5) is 0 Å². The van der Waals surface area contributed by atoms with Crippen molar-refractivity contribution < 1.29 is 15.0 Å². The summed E-state index contributed by atoms with van der Waals surface area (Å²) in [6.45, 7) is 6.65. The number of carboxylic acids is 1. The summed E-state index contributed by atoms with van der Waals surface area (Å²) in [6, 6.07) is -0.674. The molecule has 0 radical (unpaired) electrons. The van der Waals surface area contributed by atoms with Crippen LogP contribution in [0.5, 0.6) is 0 Å². The van der Waals surface area contributed by atoms with E-state index in [0.29, 0.717) is 19.0 Å². The van der Waals surface area contributed by atoms with Crippen LogP contribution in [0.15, 0.2) is 12.7 Å². The lowest BCUT2D eigenvalue weighted by Gasteiger charge is -2.36. The Bertz CT molecular complexity index is 219. The van der Waals surface area contributed by atoms with Crippen molar-refractivity contribution in [3.63, 3.8) is 0 Å². The molecule has 2 N–H and O–H groups in total. The van der Waals surface area contributed by atoms with Gasteiger partial charge in [0.25, 0.3) is 0 Å². The molecule has 1 fully saturated rings. The third kappa shape index (κ3) is 2.56. The highest BCUT2D eigenvalue weighted by atomic mass is 16.4. The standard InChI is InChI=1S/C10H17NO3/c1-3-9(10(13)14)11-5-7(2)4-8(12)6-11/h3,7-9,12H,1,4-6H2,2H3,(H,13,14). The van der Waals surface area contributed by atoms with E-state index in [0.717, 1.165) is 6.42 Å². The SMILES string of the molecule is C=CC(C(=O)O)N1CC(C)CC(O)C1. The van der Waals surface area contributed by atoms with Gasteiger partial charge in [-0.15, -0.1) is 6.58 Å². The summed E-state index contributed by atoms with van der Waals surface area (Å²) in [6.07, 6.45) is 1.74. The number of aliphatic carboxylic acids is 1. The highest BCUT2D eigenvalue weighted by molar-refractivity contribution is 5.75. The topological polar surface area (TPSA) is 60.8 Å². The van der Waals surface area contributed by atoms with Crippen LogP contribution in [-0.4, -0.2) is 46.3 Å². The van der Waals surface area contributed by atoms with Gasteiger partial charge in [0.2, 0.25) is 0 Å². The van der Waals surface area contributed by atoms with Crippen LogP contribution in [0.2, 0.25) is 0 Å². The van der Waals surface area contributed by atoms with Crippen molar-refractivity contribution in [2.24, 2.45) is 5.92 Å². The van der Waals surface area contributed by atoms with E-state index in [1.54, 1.807) is 4.90 Å². The van der Waals surface area contributed by atoms with Gasteiger partial charge in [0, 0.05) is 13.1 Å². The molecule has 0 aliphatic carbocycles. The average Bonchev–Trinajstić information content (AvgIpc) is 2.02. The highest BCUT2D eigenvalue weighted by Crippen LogP contribution is 2.18. The highest BCUT2D eigenvalue weighted by Gasteiger charge is 2.30. The number of aliphatic hydroxyl groups excluding tert-OH is 1. The molecule has 80 valence electrons. The summed E-state index contributed by atoms with van der Waals surface area (Å²) >= 11 is 0. The van der Waals surface area contributed by atoms with Crippen molar-refractivity contribution in [2.75, 3.05) is 13.1 Å². The fraction of sp³-hybridized carbons (Fsp3) is 0.700. The van der Waals surface area contributed by atoms with Crippen LogP contribution in [0.1, 0.15) is 13.3 Å². The van der Waals surface area contributed by atoms with Gasteiger partial charge >= 0.3 is 5.97 Å². The fourth-order valence-electron chi connectivity index (χ4n) is 1.99. The Kier molecular flexibility index (Phi) is 3.66. The summed E-state index contributed by atoms with van der Waals surface area (Å²) in [5.41, 5.74) is 0. The van der Waals surface area contributed by atoms with E-state index in [2.05, 4.69) is 6.58 Å². The molecule has 0 aromatic carbocycles. The molecule has 1 saturated heterocycles. The molecule has 0 aromatic heterocycles.